The number of nitrogens with one attached hydrogen (secondary N) is 1. The molecule has 2 aromatic carbocycles. The van der Waals surface area contributed by atoms with Crippen LogP contribution in [0.4, 0.5) is 0 Å². The van der Waals surface area contributed by atoms with E-state index in [1.54, 1.807) is 0 Å². The molecule has 0 aliphatic heterocycles. The Balaban J connectivity index is 1.72. The molecule has 0 saturated carbocycles. The van der Waals surface area contributed by atoms with Gasteiger partial charge in [0.05, 0.1) is 17.6 Å². The molecule has 148 valence electrons. The van der Waals surface area contributed by atoms with Crippen LogP contribution in [0.25, 0.3) is 11.0 Å². The van der Waals surface area contributed by atoms with E-state index < -0.39 is 0 Å². The fourth-order valence-electron chi connectivity index (χ4n) is 3.27. The van der Waals surface area contributed by atoms with Gasteiger partial charge in [0.15, 0.2) is 0 Å². The summed E-state index contributed by atoms with van der Waals surface area (Å²) in [5.41, 5.74) is 2.98. The number of rotatable bonds is 9. The third-order valence-electron chi connectivity index (χ3n) is 4.83. The lowest BCUT2D eigenvalue weighted by molar-refractivity contribution is -0.120. The first-order valence-corrected chi connectivity index (χ1v) is 10.5. The SMILES string of the molecule is CCC(=O)NCCCCCc1nc2ccccc2n1Cc1c(Cl)cccc1Cl. The predicted molar refractivity (Wildman–Crippen MR) is 116 cm³/mol. The van der Waals surface area contributed by atoms with Gasteiger partial charge in [-0.1, -0.05) is 54.7 Å². The zero-order valence-electron chi connectivity index (χ0n) is 16.0. The zero-order chi connectivity index (χ0) is 19.9. The first-order chi connectivity index (χ1) is 13.6. The minimum Gasteiger partial charge on any atom is -0.356 e. The summed E-state index contributed by atoms with van der Waals surface area (Å²) >= 11 is 12.8. The summed E-state index contributed by atoms with van der Waals surface area (Å²) in [5, 5.41) is 4.26. The normalized spacial score (nSPS) is 11.1. The van der Waals surface area contributed by atoms with Crippen LogP contribution in [0.2, 0.25) is 10.0 Å². The summed E-state index contributed by atoms with van der Waals surface area (Å²) in [4.78, 5) is 16.1. The Hall–Kier alpha value is -2.04. The highest BCUT2D eigenvalue weighted by Gasteiger charge is 2.14. The van der Waals surface area contributed by atoms with Crippen LogP contribution in [0.5, 0.6) is 0 Å². The van der Waals surface area contributed by atoms with Gasteiger partial charge in [-0.25, -0.2) is 4.98 Å². The smallest absolute Gasteiger partial charge is 0.219 e. The van der Waals surface area contributed by atoms with Crippen LogP contribution < -0.4 is 5.32 Å². The molecule has 28 heavy (non-hydrogen) atoms. The predicted octanol–water partition coefficient (Wildman–Crippen LogP) is 5.63. The number of carbonyl (C=O) groups excluding carboxylic acids is 1. The van der Waals surface area contributed by atoms with Gasteiger partial charge in [0, 0.05) is 35.0 Å². The number of hydrogen-bond donors (Lipinski definition) is 1. The third-order valence-corrected chi connectivity index (χ3v) is 5.54. The molecular formula is C22H25Cl2N3O. The van der Waals surface area contributed by atoms with Crippen molar-refractivity contribution in [2.24, 2.45) is 0 Å². The molecule has 1 N–H and O–H groups in total. The molecule has 0 aliphatic rings. The molecule has 0 radical (unpaired) electrons. The van der Waals surface area contributed by atoms with Gasteiger partial charge in [0.25, 0.3) is 0 Å². The van der Waals surface area contributed by atoms with Crippen LogP contribution in [-0.4, -0.2) is 22.0 Å². The summed E-state index contributed by atoms with van der Waals surface area (Å²) in [6.07, 6.45) is 4.44. The monoisotopic (exact) mass is 417 g/mol. The van der Waals surface area contributed by atoms with Crippen molar-refractivity contribution < 1.29 is 4.79 Å². The number of nitrogens with zero attached hydrogens (tertiary/aromatic N) is 2. The fourth-order valence-corrected chi connectivity index (χ4v) is 3.79. The molecule has 3 rings (SSSR count). The topological polar surface area (TPSA) is 46.9 Å². The van der Waals surface area contributed by atoms with Crippen LogP contribution in [0, 0.1) is 0 Å². The van der Waals surface area contributed by atoms with Crippen LogP contribution in [0.15, 0.2) is 42.5 Å². The second kappa shape index (κ2) is 9.94. The molecule has 1 amide bonds. The van der Waals surface area contributed by atoms with E-state index in [4.69, 9.17) is 28.2 Å². The molecule has 4 nitrogen and oxygen atoms in total. The first-order valence-electron chi connectivity index (χ1n) is 9.74. The Kier molecular flexibility index (Phi) is 7.35. The number of unbranched alkanes of at least 4 members (excludes halogenated alkanes) is 2. The van der Waals surface area contributed by atoms with E-state index in [1.165, 1.54) is 0 Å². The number of halogens is 2. The lowest BCUT2D eigenvalue weighted by Crippen LogP contribution is -2.23. The molecule has 3 aromatic rings. The standard InChI is InChI=1S/C22H25Cl2N3O/c1-2-22(28)25-14-7-3-4-13-21-26-19-11-5-6-12-20(19)27(21)15-16-17(23)9-8-10-18(16)24/h5-6,8-12H,2-4,7,13-15H2,1H3,(H,25,28). The maximum Gasteiger partial charge on any atom is 0.219 e. The third kappa shape index (κ3) is 5.06. The van der Waals surface area contributed by atoms with Crippen molar-refractivity contribution in [2.45, 2.75) is 45.6 Å². The number of carbonyl (C=O) groups is 1. The van der Waals surface area contributed by atoms with Gasteiger partial charge < -0.3 is 9.88 Å². The number of aryl methyl sites for hydroxylation is 1. The number of benzene rings is 2. The number of imidazole rings is 1. The second-order valence-electron chi connectivity index (χ2n) is 6.82. The van der Waals surface area contributed by atoms with Crippen molar-refractivity contribution in [3.63, 3.8) is 0 Å². The molecule has 0 aliphatic carbocycles. The summed E-state index contributed by atoms with van der Waals surface area (Å²) in [6, 6.07) is 13.7. The lowest BCUT2D eigenvalue weighted by Gasteiger charge is -2.12. The van der Waals surface area contributed by atoms with Crippen LogP contribution in [-0.2, 0) is 17.8 Å². The minimum absolute atomic E-state index is 0.110. The van der Waals surface area contributed by atoms with E-state index in [0.717, 1.165) is 54.6 Å². The van der Waals surface area contributed by atoms with E-state index >= 15 is 0 Å². The molecule has 0 bridgehead atoms. The van der Waals surface area contributed by atoms with Crippen molar-refractivity contribution in [1.82, 2.24) is 14.9 Å². The van der Waals surface area contributed by atoms with Crippen LogP contribution in [0.1, 0.15) is 44.0 Å². The molecule has 1 aromatic heterocycles. The van der Waals surface area contributed by atoms with E-state index in [1.807, 2.05) is 43.3 Å². The zero-order valence-corrected chi connectivity index (χ0v) is 17.6. The fraction of sp³-hybridized carbons (Fsp3) is 0.364. The van der Waals surface area contributed by atoms with E-state index in [0.29, 0.717) is 23.0 Å². The van der Waals surface area contributed by atoms with Crippen molar-refractivity contribution in [3.05, 3.63) is 63.9 Å². The molecule has 6 heteroatoms. The van der Waals surface area contributed by atoms with E-state index in [-0.39, 0.29) is 5.91 Å². The van der Waals surface area contributed by atoms with Crippen molar-refractivity contribution in [2.75, 3.05) is 6.54 Å². The highest BCUT2D eigenvalue weighted by atomic mass is 35.5. The maximum atomic E-state index is 11.3. The van der Waals surface area contributed by atoms with Gasteiger partial charge in [-0.2, -0.15) is 0 Å². The molecule has 0 spiro atoms. The molecule has 0 saturated heterocycles. The Morgan fingerprint density at radius 2 is 1.79 bits per heavy atom. The molecule has 1 heterocycles. The van der Waals surface area contributed by atoms with Crippen molar-refractivity contribution in [1.29, 1.82) is 0 Å². The van der Waals surface area contributed by atoms with Gasteiger partial charge in [-0.05, 0) is 37.1 Å². The lowest BCUT2D eigenvalue weighted by atomic mass is 10.1. The Bertz CT molecular complexity index is 932. The average molecular weight is 418 g/mol. The highest BCUT2D eigenvalue weighted by Crippen LogP contribution is 2.28. The van der Waals surface area contributed by atoms with E-state index in [2.05, 4.69) is 16.0 Å². The molecule has 0 atom stereocenters. The van der Waals surface area contributed by atoms with Gasteiger partial charge in [-0.15, -0.1) is 0 Å². The quantitative estimate of drug-likeness (QED) is 0.458. The number of hydrogen-bond acceptors (Lipinski definition) is 2. The van der Waals surface area contributed by atoms with Crippen LogP contribution >= 0.6 is 23.2 Å². The summed E-state index contributed by atoms with van der Waals surface area (Å²) in [7, 11) is 0. The van der Waals surface area contributed by atoms with Crippen molar-refractivity contribution >= 4 is 40.1 Å². The van der Waals surface area contributed by atoms with Gasteiger partial charge in [0.1, 0.15) is 5.82 Å². The summed E-state index contributed by atoms with van der Waals surface area (Å²) in [6.45, 7) is 3.20. The largest absolute Gasteiger partial charge is 0.356 e. The van der Waals surface area contributed by atoms with Gasteiger partial charge in [-0.3, -0.25) is 4.79 Å². The Morgan fingerprint density at radius 1 is 1.04 bits per heavy atom. The first kappa shape index (κ1) is 20.7. The summed E-state index contributed by atoms with van der Waals surface area (Å²) < 4.78 is 2.21. The second-order valence-corrected chi connectivity index (χ2v) is 7.63. The maximum absolute atomic E-state index is 11.3. The number of amides is 1. The number of para-hydroxylation sites is 2. The van der Waals surface area contributed by atoms with Gasteiger partial charge >= 0.3 is 0 Å². The average Bonchev–Trinajstić information content (AvgIpc) is 3.04. The van der Waals surface area contributed by atoms with E-state index in [9.17, 15) is 4.79 Å². The highest BCUT2D eigenvalue weighted by molar-refractivity contribution is 6.36. The number of aromatic nitrogens is 2. The molecule has 0 unspecified atom stereocenters. The summed E-state index contributed by atoms with van der Waals surface area (Å²) in [5.74, 6) is 1.15. The molecule has 0 fully saturated rings. The van der Waals surface area contributed by atoms with Gasteiger partial charge in [0.2, 0.25) is 5.91 Å². The van der Waals surface area contributed by atoms with Crippen molar-refractivity contribution in [3.8, 4) is 0 Å². The Morgan fingerprint density at radius 3 is 2.54 bits per heavy atom. The minimum atomic E-state index is 0.110. The Labute approximate surface area is 175 Å². The molecular weight excluding hydrogens is 393 g/mol. The number of fused-ring (bicyclic) bond motifs is 1. The van der Waals surface area contributed by atoms with Crippen LogP contribution in [0.3, 0.4) is 0 Å².